The van der Waals surface area contributed by atoms with Crippen LogP contribution in [0.3, 0.4) is 0 Å². The van der Waals surface area contributed by atoms with E-state index < -0.39 is 53.0 Å². The van der Waals surface area contributed by atoms with Gasteiger partial charge in [0.05, 0.1) is 26.3 Å². The zero-order valence-corrected chi connectivity index (χ0v) is 29.7. The van der Waals surface area contributed by atoms with Crippen molar-refractivity contribution in [3.05, 3.63) is 107 Å². The summed E-state index contributed by atoms with van der Waals surface area (Å²) in [5, 5.41) is 24.4. The van der Waals surface area contributed by atoms with Crippen molar-refractivity contribution in [3.8, 4) is 5.75 Å². The van der Waals surface area contributed by atoms with Crippen LogP contribution in [0.1, 0.15) is 19.4 Å². The van der Waals surface area contributed by atoms with E-state index in [0.29, 0.717) is 11.4 Å². The highest BCUT2D eigenvalue weighted by molar-refractivity contribution is 5.95. The van der Waals surface area contributed by atoms with Crippen LogP contribution in [-0.2, 0) is 26.5 Å². The number of aliphatic hydroxyl groups is 1. The Bertz CT molecular complexity index is 1930. The van der Waals surface area contributed by atoms with Crippen LogP contribution in [0.4, 0.5) is 30.6 Å². The molecule has 1 aromatic heterocycles. The number of nitrogens with zero attached hydrogens (tertiary/aromatic N) is 8. The number of urea groups is 1. The lowest BCUT2D eigenvalue weighted by molar-refractivity contribution is -0.787. The molecule has 0 spiro atoms. The second-order valence-electron chi connectivity index (χ2n) is 13.6. The fraction of sp³-hybridized carbons (Fsp3) is 0.417. The Morgan fingerprint density at radius 1 is 1.00 bits per heavy atom. The molecule has 0 bridgehead atoms. The minimum Gasteiger partial charge on any atom is -0.488 e. The first-order valence-electron chi connectivity index (χ1n) is 17.4. The van der Waals surface area contributed by atoms with E-state index in [1.54, 1.807) is 26.0 Å². The quantitative estimate of drug-likeness (QED) is 0.156. The number of hydrogen-bond acceptors (Lipinski definition) is 12. The predicted molar refractivity (Wildman–Crippen MR) is 189 cm³/mol. The number of anilines is 3. The van der Waals surface area contributed by atoms with Crippen molar-refractivity contribution in [2.75, 3.05) is 67.2 Å². The highest BCUT2D eigenvalue weighted by atomic mass is 19.1. The largest absolute Gasteiger partial charge is 0.488 e. The number of benzene rings is 3. The van der Waals surface area contributed by atoms with Crippen molar-refractivity contribution < 1.29 is 42.8 Å². The fourth-order valence-corrected chi connectivity index (χ4v) is 7.31. The molecular formula is C36H40F2N8O8. The van der Waals surface area contributed by atoms with Gasteiger partial charge in [0, 0.05) is 60.9 Å². The molecule has 0 radical (unpaired) electrons. The number of carbonyl (C=O) groups excluding carboxylic acids is 1. The zero-order valence-electron chi connectivity index (χ0n) is 29.7. The van der Waals surface area contributed by atoms with Gasteiger partial charge >= 0.3 is 6.03 Å². The molecule has 18 heteroatoms. The molecule has 4 heterocycles. The lowest BCUT2D eigenvalue weighted by atomic mass is 9.94. The Kier molecular flexibility index (Phi) is 10.2. The summed E-state index contributed by atoms with van der Waals surface area (Å²) in [6, 6.07) is 17.5. The van der Waals surface area contributed by atoms with E-state index in [9.17, 15) is 28.8 Å². The van der Waals surface area contributed by atoms with Crippen molar-refractivity contribution in [1.82, 2.24) is 19.7 Å². The van der Waals surface area contributed by atoms with Crippen molar-refractivity contribution in [3.63, 3.8) is 0 Å². The molecule has 286 valence electrons. The number of hydrogen-bond donors (Lipinski definition) is 1. The van der Waals surface area contributed by atoms with E-state index in [1.807, 2.05) is 36.4 Å². The Morgan fingerprint density at radius 3 is 2.22 bits per heavy atom. The first-order chi connectivity index (χ1) is 26.0. The first kappa shape index (κ1) is 36.8. The van der Waals surface area contributed by atoms with Crippen molar-refractivity contribution in [2.24, 2.45) is 0 Å². The van der Waals surface area contributed by atoms with Gasteiger partial charge in [-0.1, -0.05) is 6.07 Å². The molecule has 3 fully saturated rings. The Labute approximate surface area is 309 Å². The summed E-state index contributed by atoms with van der Waals surface area (Å²) in [4.78, 5) is 40.4. The molecular weight excluding hydrogens is 710 g/mol. The maximum Gasteiger partial charge on any atom is 0.326 e. The third-order valence-electron chi connectivity index (χ3n) is 9.85. The molecule has 54 heavy (non-hydrogen) atoms. The van der Waals surface area contributed by atoms with Gasteiger partial charge in [-0.05, 0) is 68.4 Å². The monoisotopic (exact) mass is 750 g/mol. The van der Waals surface area contributed by atoms with E-state index in [4.69, 9.17) is 19.0 Å². The number of piperazine rings is 1. The number of carbonyl (C=O) groups is 1. The van der Waals surface area contributed by atoms with E-state index in [-0.39, 0.29) is 31.9 Å². The van der Waals surface area contributed by atoms with Gasteiger partial charge < -0.3 is 29.1 Å². The minimum atomic E-state index is -1.80. The van der Waals surface area contributed by atoms with Crippen molar-refractivity contribution in [1.29, 1.82) is 0 Å². The summed E-state index contributed by atoms with van der Waals surface area (Å²) in [7, 11) is 0. The van der Waals surface area contributed by atoms with Gasteiger partial charge in [-0.3, -0.25) is 14.6 Å². The van der Waals surface area contributed by atoms with Crippen LogP contribution in [0.25, 0.3) is 0 Å². The molecule has 3 aliphatic heterocycles. The second-order valence-corrected chi connectivity index (χ2v) is 13.6. The van der Waals surface area contributed by atoms with Crippen molar-refractivity contribution >= 4 is 23.1 Å². The summed E-state index contributed by atoms with van der Waals surface area (Å²) in [5.74, 6) is -0.842. The minimum absolute atomic E-state index is 0.000338. The van der Waals surface area contributed by atoms with Crippen LogP contribution in [0, 0.1) is 21.7 Å². The second kappa shape index (κ2) is 15.0. The molecule has 7 rings (SSSR count). The Morgan fingerprint density at radius 2 is 1.65 bits per heavy atom. The summed E-state index contributed by atoms with van der Waals surface area (Å²) in [6.07, 6.45) is 2.03. The first-order valence-corrected chi connectivity index (χ1v) is 17.4. The number of halogens is 2. The topological polar surface area (TPSA) is 161 Å². The summed E-state index contributed by atoms with van der Waals surface area (Å²) < 4.78 is 48.2. The lowest BCUT2D eigenvalue weighted by Gasteiger charge is -2.37. The van der Waals surface area contributed by atoms with Gasteiger partial charge in [0.2, 0.25) is 5.72 Å². The molecule has 1 unspecified atom stereocenters. The standard InChI is InChI=1S/C36H40F2N8O8/c1-25(2)45-34(48)44(20-36(45,21-47)54-46(49)50)29-6-4-27(5-7-29)41-13-15-42(16-14-41)28-8-10-30(11-9-28)51-18-33-52-22-35(53-33,19-43-24-39-23-40-43)31-12-3-26(37)17-32(31)38/h3-12,17,23-25,33,47H,13-16,18-22H2,1-2H3/t33-,35+,36?/m0/s1. The van der Waals surface area contributed by atoms with Crippen molar-refractivity contribution in [2.45, 2.75) is 44.1 Å². The highest BCUT2D eigenvalue weighted by Gasteiger charge is 2.54. The number of amides is 2. The molecule has 3 saturated heterocycles. The fourth-order valence-electron chi connectivity index (χ4n) is 7.31. The number of aromatic nitrogens is 3. The Hall–Kier alpha value is -5.59. The molecule has 0 saturated carbocycles. The van der Waals surface area contributed by atoms with E-state index in [1.165, 1.54) is 39.3 Å². The third kappa shape index (κ3) is 7.31. The molecule has 3 aliphatic rings. The molecule has 4 aromatic rings. The molecule has 0 aliphatic carbocycles. The van der Waals surface area contributed by atoms with Crippen LogP contribution < -0.4 is 19.4 Å². The zero-order chi connectivity index (χ0) is 38.0. The van der Waals surface area contributed by atoms with Crippen LogP contribution in [0.5, 0.6) is 5.75 Å². The molecule has 3 aromatic carbocycles. The Balaban J connectivity index is 0.924. The summed E-state index contributed by atoms with van der Waals surface area (Å²) in [6.45, 7) is 5.62. The molecule has 2 amide bonds. The average Bonchev–Trinajstić information content (AvgIpc) is 3.89. The van der Waals surface area contributed by atoms with Gasteiger partial charge in [0.1, 0.15) is 42.2 Å². The summed E-state index contributed by atoms with van der Waals surface area (Å²) in [5.41, 5.74) is -0.384. The van der Waals surface area contributed by atoms with Gasteiger partial charge in [0.25, 0.3) is 5.09 Å². The molecule has 3 atom stereocenters. The highest BCUT2D eigenvalue weighted by Crippen LogP contribution is 2.38. The van der Waals surface area contributed by atoms with Gasteiger partial charge in [-0.25, -0.2) is 23.2 Å². The van der Waals surface area contributed by atoms with E-state index in [0.717, 1.165) is 43.6 Å². The number of rotatable bonds is 13. The predicted octanol–water partition coefficient (Wildman–Crippen LogP) is 3.78. The third-order valence-corrected chi connectivity index (χ3v) is 9.85. The SMILES string of the molecule is CC(C)N1C(=O)N(c2ccc(N3CCN(c4ccc(OC[C@H]5OC[C@](Cn6cncn6)(c6ccc(F)cc6F)O5)cc4)CC3)cc2)CC1(CO)O[N+](=O)[O-]. The number of aliphatic hydroxyl groups excluding tert-OH is 1. The van der Waals surface area contributed by atoms with Gasteiger partial charge in [-0.15, -0.1) is 10.1 Å². The van der Waals surface area contributed by atoms with Crippen LogP contribution >= 0.6 is 0 Å². The van der Waals surface area contributed by atoms with Gasteiger partial charge in [-0.2, -0.15) is 5.10 Å². The van der Waals surface area contributed by atoms with E-state index >= 15 is 0 Å². The smallest absolute Gasteiger partial charge is 0.326 e. The van der Waals surface area contributed by atoms with E-state index in [2.05, 4.69) is 19.9 Å². The maximum atomic E-state index is 14.9. The lowest BCUT2D eigenvalue weighted by Crippen LogP contribution is -2.56. The molecule has 1 N–H and O–H groups in total. The van der Waals surface area contributed by atoms with Crippen LogP contribution in [-0.4, -0.2) is 106 Å². The summed E-state index contributed by atoms with van der Waals surface area (Å²) >= 11 is 0. The number of ether oxygens (including phenoxy) is 3. The maximum absolute atomic E-state index is 14.9. The van der Waals surface area contributed by atoms with Crippen LogP contribution in [0.2, 0.25) is 0 Å². The van der Waals surface area contributed by atoms with Crippen LogP contribution in [0.15, 0.2) is 79.4 Å². The average molecular weight is 751 g/mol. The normalized spacial score (nSPS) is 23.1. The molecule has 16 nitrogen and oxygen atoms in total. The van der Waals surface area contributed by atoms with Gasteiger partial charge in [0.15, 0.2) is 6.29 Å².